The zero-order valence-electron chi connectivity index (χ0n) is 10.4. The van der Waals surface area contributed by atoms with E-state index in [0.717, 1.165) is 12.3 Å². The second kappa shape index (κ2) is 6.27. The van der Waals surface area contributed by atoms with Gasteiger partial charge in [0.1, 0.15) is 18.6 Å². The number of nitrogens with two attached hydrogens (primary N) is 1. The van der Waals surface area contributed by atoms with Crippen LogP contribution in [-0.2, 0) is 4.79 Å². The van der Waals surface area contributed by atoms with Gasteiger partial charge < -0.3 is 15.7 Å². The fourth-order valence-corrected chi connectivity index (χ4v) is 1.52. The second-order valence-electron chi connectivity index (χ2n) is 3.75. The lowest BCUT2D eigenvalue weighted by Crippen LogP contribution is -2.32. The second-order valence-corrected chi connectivity index (χ2v) is 3.75. The number of nitro groups is 1. The Hall–Kier alpha value is -2.97. The van der Waals surface area contributed by atoms with Gasteiger partial charge in [-0.25, -0.2) is 4.98 Å². The van der Waals surface area contributed by atoms with Gasteiger partial charge in [0.15, 0.2) is 0 Å². The number of primary amides is 1. The fourth-order valence-electron chi connectivity index (χ4n) is 1.52. The summed E-state index contributed by atoms with van der Waals surface area (Å²) in [5.74, 6) is -2.12. The molecule has 0 saturated heterocycles. The molecule has 0 fully saturated rings. The molecule has 1 aromatic heterocycles. The molecule has 0 spiro atoms. The molecule has 0 aliphatic rings. The number of nitrogens with zero attached hydrogens (tertiary/aromatic N) is 3. The highest BCUT2D eigenvalue weighted by Crippen LogP contribution is 2.22. The molecule has 0 radical (unpaired) electrons. The topological polar surface area (TPSA) is 140 Å². The lowest BCUT2D eigenvalue weighted by molar-refractivity contribution is -0.385. The van der Waals surface area contributed by atoms with E-state index in [0.29, 0.717) is 0 Å². The number of pyridine rings is 1. The van der Waals surface area contributed by atoms with E-state index in [1.165, 1.54) is 11.0 Å². The minimum atomic E-state index is -1.15. The largest absolute Gasteiger partial charge is 0.480 e. The molecule has 0 aliphatic heterocycles. The molecule has 3 N–H and O–H groups in total. The number of hydrogen-bond acceptors (Lipinski definition) is 6. The first kappa shape index (κ1) is 15.1. The van der Waals surface area contributed by atoms with Crippen molar-refractivity contribution in [1.82, 2.24) is 4.98 Å². The first-order chi connectivity index (χ1) is 9.36. The maximum absolute atomic E-state index is 11.4. The molecular weight excluding hydrogens is 268 g/mol. The monoisotopic (exact) mass is 280 g/mol. The minimum Gasteiger partial charge on any atom is -0.480 e. The zero-order valence-corrected chi connectivity index (χ0v) is 10.4. The van der Waals surface area contributed by atoms with Gasteiger partial charge in [-0.1, -0.05) is 6.08 Å². The predicted octanol–water partition coefficient (Wildman–Crippen LogP) is 0.166. The van der Waals surface area contributed by atoms with Crippen molar-refractivity contribution in [1.29, 1.82) is 0 Å². The summed E-state index contributed by atoms with van der Waals surface area (Å²) in [7, 11) is 0. The van der Waals surface area contributed by atoms with Gasteiger partial charge in [-0.15, -0.1) is 6.58 Å². The van der Waals surface area contributed by atoms with Gasteiger partial charge >= 0.3 is 5.97 Å². The van der Waals surface area contributed by atoms with Crippen LogP contribution in [0.5, 0.6) is 0 Å². The van der Waals surface area contributed by atoms with Crippen molar-refractivity contribution in [3.8, 4) is 0 Å². The van der Waals surface area contributed by atoms with Crippen LogP contribution in [0.3, 0.4) is 0 Å². The molecule has 0 saturated carbocycles. The third kappa shape index (κ3) is 3.51. The van der Waals surface area contributed by atoms with Crippen molar-refractivity contribution >= 4 is 23.4 Å². The van der Waals surface area contributed by atoms with Crippen molar-refractivity contribution in [2.75, 3.05) is 18.0 Å². The molecule has 0 bridgehead atoms. The SMILES string of the molecule is C=CCN(CC(=O)O)c1ncc([N+](=O)[O-])cc1C(N)=O. The third-order valence-corrected chi connectivity index (χ3v) is 2.30. The number of carbonyl (C=O) groups is 2. The summed E-state index contributed by atoms with van der Waals surface area (Å²) in [5.41, 5.74) is 4.52. The Labute approximate surface area is 113 Å². The normalized spacial score (nSPS) is 9.80. The summed E-state index contributed by atoms with van der Waals surface area (Å²) in [6.45, 7) is 3.11. The average molecular weight is 280 g/mol. The Kier molecular flexibility index (Phi) is 4.73. The number of aromatic nitrogens is 1. The summed E-state index contributed by atoms with van der Waals surface area (Å²) in [4.78, 5) is 37.0. The van der Waals surface area contributed by atoms with Crippen LogP contribution in [0.2, 0.25) is 0 Å². The minimum absolute atomic E-state index is 0.0367. The van der Waals surface area contributed by atoms with Gasteiger partial charge in [-0.05, 0) is 0 Å². The smallest absolute Gasteiger partial charge is 0.323 e. The number of anilines is 1. The number of carboxylic acid groups (broad SMARTS) is 1. The Morgan fingerprint density at radius 1 is 1.60 bits per heavy atom. The molecule has 106 valence electrons. The summed E-state index contributed by atoms with van der Waals surface area (Å²) in [6, 6.07) is 0.961. The Morgan fingerprint density at radius 2 is 2.25 bits per heavy atom. The molecule has 1 aromatic rings. The van der Waals surface area contributed by atoms with Crippen molar-refractivity contribution in [2.45, 2.75) is 0 Å². The first-order valence-electron chi connectivity index (χ1n) is 5.38. The summed E-state index contributed by atoms with van der Waals surface area (Å²) in [6.07, 6.45) is 2.34. The number of amides is 1. The highest BCUT2D eigenvalue weighted by atomic mass is 16.6. The van der Waals surface area contributed by atoms with Gasteiger partial charge in [0.2, 0.25) is 0 Å². The predicted molar refractivity (Wildman–Crippen MR) is 69.5 cm³/mol. The maximum atomic E-state index is 11.4. The average Bonchev–Trinajstić information content (AvgIpc) is 2.36. The van der Waals surface area contributed by atoms with Crippen molar-refractivity contribution in [3.63, 3.8) is 0 Å². The van der Waals surface area contributed by atoms with Crippen molar-refractivity contribution in [3.05, 3.63) is 40.6 Å². The van der Waals surface area contributed by atoms with Gasteiger partial charge in [0.05, 0.1) is 10.5 Å². The molecule has 0 aromatic carbocycles. The number of carboxylic acids is 1. The van der Waals surface area contributed by atoms with Crippen LogP contribution in [0.1, 0.15) is 10.4 Å². The lowest BCUT2D eigenvalue weighted by Gasteiger charge is -2.21. The molecule has 1 heterocycles. The van der Waals surface area contributed by atoms with Crippen LogP contribution in [0, 0.1) is 10.1 Å². The van der Waals surface area contributed by atoms with E-state index in [-0.39, 0.29) is 17.9 Å². The van der Waals surface area contributed by atoms with Crippen LogP contribution in [-0.4, -0.2) is 40.0 Å². The molecule has 0 atom stereocenters. The Balaban J connectivity index is 3.32. The molecule has 9 heteroatoms. The number of aliphatic carboxylic acids is 1. The highest BCUT2D eigenvalue weighted by molar-refractivity contribution is 5.98. The zero-order chi connectivity index (χ0) is 15.3. The van der Waals surface area contributed by atoms with Gasteiger partial charge in [-0.3, -0.25) is 19.7 Å². The number of rotatable bonds is 7. The molecule has 0 aliphatic carbocycles. The van der Waals surface area contributed by atoms with Crippen LogP contribution in [0.4, 0.5) is 11.5 Å². The molecule has 20 heavy (non-hydrogen) atoms. The van der Waals surface area contributed by atoms with Crippen LogP contribution >= 0.6 is 0 Å². The van der Waals surface area contributed by atoms with E-state index in [2.05, 4.69) is 11.6 Å². The van der Waals surface area contributed by atoms with Gasteiger partial charge in [0.25, 0.3) is 11.6 Å². The number of carbonyl (C=O) groups excluding carboxylic acids is 1. The molecule has 1 rings (SSSR count). The maximum Gasteiger partial charge on any atom is 0.323 e. The highest BCUT2D eigenvalue weighted by Gasteiger charge is 2.21. The summed E-state index contributed by atoms with van der Waals surface area (Å²) < 4.78 is 0. The fraction of sp³-hybridized carbons (Fsp3) is 0.182. The van der Waals surface area contributed by atoms with E-state index >= 15 is 0 Å². The van der Waals surface area contributed by atoms with Gasteiger partial charge in [0, 0.05) is 12.6 Å². The van der Waals surface area contributed by atoms with E-state index in [9.17, 15) is 19.7 Å². The lowest BCUT2D eigenvalue weighted by atomic mass is 10.2. The number of hydrogen-bond donors (Lipinski definition) is 2. The van der Waals surface area contributed by atoms with E-state index in [1.807, 2.05) is 0 Å². The quantitative estimate of drug-likeness (QED) is 0.412. The Bertz CT molecular complexity index is 572. The van der Waals surface area contributed by atoms with E-state index in [1.54, 1.807) is 0 Å². The van der Waals surface area contributed by atoms with Crippen LogP contribution in [0.25, 0.3) is 0 Å². The molecule has 0 unspecified atom stereocenters. The van der Waals surface area contributed by atoms with Crippen LogP contribution < -0.4 is 10.6 Å². The molecular formula is C11H12N4O5. The van der Waals surface area contributed by atoms with E-state index in [4.69, 9.17) is 10.8 Å². The Morgan fingerprint density at radius 3 is 2.70 bits per heavy atom. The molecule has 1 amide bonds. The van der Waals surface area contributed by atoms with Crippen molar-refractivity contribution in [2.24, 2.45) is 5.73 Å². The summed E-state index contributed by atoms with van der Waals surface area (Å²) >= 11 is 0. The van der Waals surface area contributed by atoms with Crippen LogP contribution in [0.15, 0.2) is 24.9 Å². The molecule has 9 nitrogen and oxygen atoms in total. The first-order valence-corrected chi connectivity index (χ1v) is 5.38. The summed E-state index contributed by atoms with van der Waals surface area (Å²) in [5, 5.41) is 19.5. The van der Waals surface area contributed by atoms with Gasteiger partial charge in [-0.2, -0.15) is 0 Å². The standard InChI is InChI=1S/C11H12N4O5/c1-2-3-14(6-9(16)17)11-8(10(12)18)4-7(5-13-11)15(19)20/h2,4-5H,1,3,6H2,(H2,12,18)(H,16,17). The van der Waals surface area contributed by atoms with E-state index < -0.39 is 29.0 Å². The third-order valence-electron chi connectivity index (χ3n) is 2.30. The van der Waals surface area contributed by atoms with Crippen molar-refractivity contribution < 1.29 is 19.6 Å².